The summed E-state index contributed by atoms with van der Waals surface area (Å²) >= 11 is 0. The van der Waals surface area contributed by atoms with Crippen molar-refractivity contribution in [2.24, 2.45) is 0 Å². The van der Waals surface area contributed by atoms with Crippen molar-refractivity contribution in [3.05, 3.63) is 65.0 Å². The van der Waals surface area contributed by atoms with Gasteiger partial charge in [-0.2, -0.15) is 0 Å². The molecule has 0 spiro atoms. The van der Waals surface area contributed by atoms with Crippen molar-refractivity contribution in [2.45, 2.75) is 32.9 Å². The highest BCUT2D eigenvalue weighted by atomic mass is 16.2. The lowest BCUT2D eigenvalue weighted by molar-refractivity contribution is 0.0734. The number of carbonyl (C=O) groups is 2. The number of carbonyl (C=O) groups excluding carboxylic acids is 2. The van der Waals surface area contributed by atoms with Crippen molar-refractivity contribution < 1.29 is 9.59 Å². The number of aromatic nitrogens is 1. The Hall–Kier alpha value is -2.69. The third kappa shape index (κ3) is 3.45. The lowest BCUT2D eigenvalue weighted by atomic mass is 9.99. The predicted octanol–water partition coefficient (Wildman–Crippen LogP) is 2.42. The second kappa shape index (κ2) is 6.83. The number of amides is 2. The SMILES string of the molecule is CC(C)NC(=O)c1cc(C(=O)N2CCc3ccccc3C2)ccn1. The van der Waals surface area contributed by atoms with Crippen molar-refractivity contribution in [1.82, 2.24) is 15.2 Å². The maximum Gasteiger partial charge on any atom is 0.270 e. The first kappa shape index (κ1) is 16.2. The van der Waals surface area contributed by atoms with Gasteiger partial charge in [-0.1, -0.05) is 24.3 Å². The molecule has 0 atom stereocenters. The van der Waals surface area contributed by atoms with Gasteiger partial charge >= 0.3 is 0 Å². The average molecular weight is 323 g/mol. The van der Waals surface area contributed by atoms with E-state index >= 15 is 0 Å². The van der Waals surface area contributed by atoms with E-state index in [1.165, 1.54) is 17.3 Å². The smallest absolute Gasteiger partial charge is 0.270 e. The molecular weight excluding hydrogens is 302 g/mol. The third-order valence-electron chi connectivity index (χ3n) is 4.08. The molecule has 2 aromatic rings. The molecule has 2 amide bonds. The van der Waals surface area contributed by atoms with Gasteiger partial charge in [0.15, 0.2) is 0 Å². The molecule has 0 unspecified atom stereocenters. The Labute approximate surface area is 141 Å². The summed E-state index contributed by atoms with van der Waals surface area (Å²) in [5.41, 5.74) is 3.25. The maximum absolute atomic E-state index is 12.8. The Balaban J connectivity index is 1.77. The Morgan fingerprint density at radius 1 is 1.17 bits per heavy atom. The van der Waals surface area contributed by atoms with Crippen LogP contribution in [0.15, 0.2) is 42.6 Å². The van der Waals surface area contributed by atoms with Crippen LogP contribution in [-0.4, -0.2) is 34.3 Å². The number of benzene rings is 1. The standard InChI is InChI=1S/C19H21N3O2/c1-13(2)21-18(23)17-11-15(7-9-20-17)19(24)22-10-8-14-5-3-4-6-16(14)12-22/h3-7,9,11,13H,8,10,12H2,1-2H3,(H,21,23). The summed E-state index contributed by atoms with van der Waals surface area (Å²) in [6.07, 6.45) is 2.37. The van der Waals surface area contributed by atoms with Crippen LogP contribution in [0.5, 0.6) is 0 Å². The highest BCUT2D eigenvalue weighted by Crippen LogP contribution is 2.20. The van der Waals surface area contributed by atoms with E-state index in [9.17, 15) is 9.59 Å². The molecule has 5 heteroatoms. The zero-order valence-corrected chi connectivity index (χ0v) is 14.0. The zero-order chi connectivity index (χ0) is 17.1. The molecule has 3 rings (SSSR count). The van der Waals surface area contributed by atoms with Gasteiger partial charge in [0, 0.05) is 30.9 Å². The van der Waals surface area contributed by atoms with Crippen molar-refractivity contribution in [3.63, 3.8) is 0 Å². The quantitative estimate of drug-likeness (QED) is 0.943. The molecule has 0 aliphatic carbocycles. The van der Waals surface area contributed by atoms with E-state index in [-0.39, 0.29) is 23.6 Å². The highest BCUT2D eigenvalue weighted by Gasteiger charge is 2.22. The van der Waals surface area contributed by atoms with Crippen molar-refractivity contribution in [3.8, 4) is 0 Å². The molecule has 0 bridgehead atoms. The molecule has 0 saturated carbocycles. The Kier molecular flexibility index (Phi) is 4.60. The van der Waals surface area contributed by atoms with E-state index in [4.69, 9.17) is 0 Å². The number of pyridine rings is 1. The van der Waals surface area contributed by atoms with E-state index in [1.807, 2.05) is 30.9 Å². The van der Waals surface area contributed by atoms with Crippen LogP contribution in [0.25, 0.3) is 0 Å². The van der Waals surface area contributed by atoms with Gasteiger partial charge in [-0.05, 0) is 43.5 Å². The zero-order valence-electron chi connectivity index (χ0n) is 14.0. The highest BCUT2D eigenvalue weighted by molar-refractivity contribution is 5.98. The summed E-state index contributed by atoms with van der Waals surface area (Å²) in [5, 5.41) is 2.79. The van der Waals surface area contributed by atoms with Crippen molar-refractivity contribution in [2.75, 3.05) is 6.54 Å². The van der Waals surface area contributed by atoms with Gasteiger partial charge in [-0.3, -0.25) is 14.6 Å². The van der Waals surface area contributed by atoms with E-state index in [0.29, 0.717) is 18.7 Å². The fourth-order valence-corrected chi connectivity index (χ4v) is 2.88. The second-order valence-corrected chi connectivity index (χ2v) is 6.30. The van der Waals surface area contributed by atoms with E-state index in [2.05, 4.69) is 22.4 Å². The second-order valence-electron chi connectivity index (χ2n) is 6.30. The average Bonchev–Trinajstić information content (AvgIpc) is 2.60. The lowest BCUT2D eigenvalue weighted by Crippen LogP contribution is -2.36. The number of nitrogens with one attached hydrogen (secondary N) is 1. The summed E-state index contributed by atoms with van der Waals surface area (Å²) in [6.45, 7) is 5.06. The number of rotatable bonds is 3. The molecule has 5 nitrogen and oxygen atoms in total. The van der Waals surface area contributed by atoms with Crippen LogP contribution in [0, 0.1) is 0 Å². The van der Waals surface area contributed by atoms with Gasteiger partial charge in [0.1, 0.15) is 5.69 Å². The molecule has 0 saturated heterocycles. The van der Waals surface area contributed by atoms with Crippen molar-refractivity contribution in [1.29, 1.82) is 0 Å². The van der Waals surface area contributed by atoms with E-state index in [1.54, 1.807) is 12.1 Å². The van der Waals surface area contributed by atoms with Gasteiger partial charge < -0.3 is 10.2 Å². The summed E-state index contributed by atoms with van der Waals surface area (Å²) in [4.78, 5) is 30.7. The molecule has 1 aromatic heterocycles. The largest absolute Gasteiger partial charge is 0.349 e. The molecule has 2 heterocycles. The number of hydrogen-bond acceptors (Lipinski definition) is 3. The van der Waals surface area contributed by atoms with E-state index < -0.39 is 0 Å². The molecule has 1 N–H and O–H groups in total. The summed E-state index contributed by atoms with van der Waals surface area (Å²) < 4.78 is 0. The maximum atomic E-state index is 12.8. The van der Waals surface area contributed by atoms with Crippen LogP contribution >= 0.6 is 0 Å². The fourth-order valence-electron chi connectivity index (χ4n) is 2.88. The number of fused-ring (bicyclic) bond motifs is 1. The van der Waals surface area contributed by atoms with Crippen molar-refractivity contribution >= 4 is 11.8 Å². The van der Waals surface area contributed by atoms with Gasteiger partial charge in [0.25, 0.3) is 11.8 Å². The third-order valence-corrected chi connectivity index (χ3v) is 4.08. The first-order valence-electron chi connectivity index (χ1n) is 8.17. The molecule has 0 radical (unpaired) electrons. The van der Waals surface area contributed by atoms with Crippen LogP contribution in [0.3, 0.4) is 0 Å². The van der Waals surface area contributed by atoms with Crippen LogP contribution in [0.2, 0.25) is 0 Å². The predicted molar refractivity (Wildman–Crippen MR) is 91.7 cm³/mol. The molecule has 1 aliphatic heterocycles. The topological polar surface area (TPSA) is 62.3 Å². The molecule has 124 valence electrons. The first-order valence-corrected chi connectivity index (χ1v) is 8.17. The van der Waals surface area contributed by atoms with Crippen LogP contribution in [0.4, 0.5) is 0 Å². The van der Waals surface area contributed by atoms with Gasteiger partial charge in [0.05, 0.1) is 0 Å². The number of nitrogens with zero attached hydrogens (tertiary/aromatic N) is 2. The van der Waals surface area contributed by atoms with Gasteiger partial charge in [-0.15, -0.1) is 0 Å². The molecule has 0 fully saturated rings. The normalized spacial score (nSPS) is 13.5. The summed E-state index contributed by atoms with van der Waals surface area (Å²) in [6, 6.07) is 11.4. The minimum Gasteiger partial charge on any atom is -0.349 e. The Morgan fingerprint density at radius 2 is 1.92 bits per heavy atom. The summed E-state index contributed by atoms with van der Waals surface area (Å²) in [5.74, 6) is -0.325. The Bertz CT molecular complexity index is 771. The minimum absolute atomic E-state index is 0.0252. The fraction of sp³-hybridized carbons (Fsp3) is 0.316. The van der Waals surface area contributed by atoms with Crippen LogP contribution in [0.1, 0.15) is 45.8 Å². The van der Waals surface area contributed by atoms with Gasteiger partial charge in [0.2, 0.25) is 0 Å². The minimum atomic E-state index is -0.261. The molecule has 1 aliphatic rings. The van der Waals surface area contributed by atoms with E-state index in [0.717, 1.165) is 6.42 Å². The lowest BCUT2D eigenvalue weighted by Gasteiger charge is -2.29. The van der Waals surface area contributed by atoms with Crippen LogP contribution < -0.4 is 5.32 Å². The molecular formula is C19H21N3O2. The Morgan fingerprint density at radius 3 is 2.67 bits per heavy atom. The first-order chi connectivity index (χ1) is 11.5. The number of hydrogen-bond donors (Lipinski definition) is 1. The van der Waals surface area contributed by atoms with Crippen LogP contribution in [-0.2, 0) is 13.0 Å². The monoisotopic (exact) mass is 323 g/mol. The van der Waals surface area contributed by atoms with Gasteiger partial charge in [-0.25, -0.2) is 0 Å². The molecule has 24 heavy (non-hydrogen) atoms. The summed E-state index contributed by atoms with van der Waals surface area (Å²) in [7, 11) is 0. The molecule has 1 aromatic carbocycles.